The summed E-state index contributed by atoms with van der Waals surface area (Å²) in [7, 11) is 0. The van der Waals surface area contributed by atoms with Crippen LogP contribution in [0.2, 0.25) is 0 Å². The minimum absolute atomic E-state index is 0.0459. The molecule has 0 aromatic rings. The van der Waals surface area contributed by atoms with Gasteiger partial charge in [-0.1, -0.05) is 12.2 Å². The number of aliphatic carboxylic acids is 2. The van der Waals surface area contributed by atoms with E-state index in [4.69, 9.17) is 0 Å². The summed E-state index contributed by atoms with van der Waals surface area (Å²) >= 11 is 0. The van der Waals surface area contributed by atoms with Crippen LogP contribution in [-0.4, -0.2) is 35.2 Å². The normalized spacial score (nSPS) is 14.8. The molecule has 1 aliphatic rings. The van der Waals surface area contributed by atoms with Gasteiger partial charge in [0.1, 0.15) is 0 Å². The quantitative estimate of drug-likeness (QED) is 0.495. The van der Waals surface area contributed by atoms with E-state index >= 15 is 0 Å². The molecule has 20 heavy (non-hydrogen) atoms. The van der Waals surface area contributed by atoms with Gasteiger partial charge in [0.25, 0.3) is 0 Å². The second kappa shape index (κ2) is 7.18. The molecule has 0 spiro atoms. The van der Waals surface area contributed by atoms with E-state index in [-0.39, 0.29) is 24.0 Å². The lowest BCUT2D eigenvalue weighted by Crippen LogP contribution is -2.29. The Labute approximate surface area is 117 Å². The summed E-state index contributed by atoms with van der Waals surface area (Å²) in [5, 5.41) is 24.3. The van der Waals surface area contributed by atoms with Crippen molar-refractivity contribution in [1.29, 1.82) is 0 Å². The number of nitrogens with one attached hydrogen (secondary N) is 2. The molecule has 0 atom stereocenters. The minimum Gasteiger partial charge on any atom is -0.478 e. The van der Waals surface area contributed by atoms with E-state index < -0.39 is 11.9 Å². The fourth-order valence-electron chi connectivity index (χ4n) is 1.92. The summed E-state index contributed by atoms with van der Waals surface area (Å²) in [5.41, 5.74) is 1.17. The SMILES string of the molecule is C=CCNC1=C(C(=O)O)CC(NCC=C)=C(C(=O)O)C1. The highest BCUT2D eigenvalue weighted by Gasteiger charge is 2.27. The van der Waals surface area contributed by atoms with Crippen LogP contribution in [0.4, 0.5) is 0 Å². The van der Waals surface area contributed by atoms with Crippen LogP contribution in [-0.2, 0) is 9.59 Å². The molecule has 0 bridgehead atoms. The third-order valence-corrected chi connectivity index (χ3v) is 2.87. The number of carboxylic acids is 2. The van der Waals surface area contributed by atoms with E-state index in [2.05, 4.69) is 23.8 Å². The smallest absolute Gasteiger partial charge is 0.333 e. The van der Waals surface area contributed by atoms with E-state index in [0.29, 0.717) is 24.5 Å². The Hall–Kier alpha value is -2.50. The molecule has 6 nitrogen and oxygen atoms in total. The van der Waals surface area contributed by atoms with Crippen LogP contribution in [0.3, 0.4) is 0 Å². The molecule has 0 aliphatic heterocycles. The van der Waals surface area contributed by atoms with Crippen LogP contribution in [0.1, 0.15) is 12.8 Å². The van der Waals surface area contributed by atoms with Crippen LogP contribution in [0.15, 0.2) is 47.9 Å². The Kier molecular flexibility index (Phi) is 5.58. The molecule has 0 amide bonds. The van der Waals surface area contributed by atoms with Gasteiger partial charge in [-0.15, -0.1) is 13.2 Å². The standard InChI is InChI=1S/C14H18N2O4/c1-3-5-15-11-7-10(14(19)20)12(16-6-4-2)8-9(11)13(17)18/h3-4,15-16H,1-2,5-8H2,(H,17,18)(H,19,20). The Morgan fingerprint density at radius 1 is 0.950 bits per heavy atom. The van der Waals surface area contributed by atoms with Gasteiger partial charge in [-0.05, 0) is 0 Å². The van der Waals surface area contributed by atoms with Gasteiger partial charge in [-0.3, -0.25) is 0 Å². The highest BCUT2D eigenvalue weighted by molar-refractivity contribution is 5.93. The molecule has 0 radical (unpaired) electrons. The molecular formula is C14H18N2O4. The molecule has 0 saturated heterocycles. The fourth-order valence-corrected chi connectivity index (χ4v) is 1.92. The lowest BCUT2D eigenvalue weighted by Gasteiger charge is -2.23. The zero-order chi connectivity index (χ0) is 15.1. The van der Waals surface area contributed by atoms with Gasteiger partial charge in [-0.25, -0.2) is 9.59 Å². The van der Waals surface area contributed by atoms with Crippen LogP contribution in [0, 0.1) is 0 Å². The molecule has 0 unspecified atom stereocenters. The van der Waals surface area contributed by atoms with Crippen LogP contribution in [0.25, 0.3) is 0 Å². The fraction of sp³-hybridized carbons (Fsp3) is 0.286. The first-order valence-corrected chi connectivity index (χ1v) is 6.11. The second-order valence-electron chi connectivity index (χ2n) is 4.22. The topological polar surface area (TPSA) is 98.7 Å². The molecule has 1 aliphatic carbocycles. The van der Waals surface area contributed by atoms with Gasteiger partial charge in [0.05, 0.1) is 11.1 Å². The van der Waals surface area contributed by atoms with Gasteiger partial charge in [0.15, 0.2) is 0 Å². The molecular weight excluding hydrogens is 260 g/mol. The molecule has 0 fully saturated rings. The number of rotatable bonds is 8. The van der Waals surface area contributed by atoms with Crippen molar-refractivity contribution >= 4 is 11.9 Å². The van der Waals surface area contributed by atoms with Crippen molar-refractivity contribution in [1.82, 2.24) is 10.6 Å². The molecule has 6 heteroatoms. The second-order valence-corrected chi connectivity index (χ2v) is 4.22. The van der Waals surface area contributed by atoms with Crippen LogP contribution < -0.4 is 10.6 Å². The lowest BCUT2D eigenvalue weighted by atomic mass is 9.92. The molecule has 0 aromatic heterocycles. The van der Waals surface area contributed by atoms with Crippen LogP contribution >= 0.6 is 0 Å². The van der Waals surface area contributed by atoms with Gasteiger partial charge in [-0.2, -0.15) is 0 Å². The molecule has 1 rings (SSSR count). The maximum Gasteiger partial charge on any atom is 0.333 e. The van der Waals surface area contributed by atoms with Gasteiger partial charge < -0.3 is 20.8 Å². The van der Waals surface area contributed by atoms with Gasteiger partial charge >= 0.3 is 11.9 Å². The highest BCUT2D eigenvalue weighted by atomic mass is 16.4. The highest BCUT2D eigenvalue weighted by Crippen LogP contribution is 2.27. The van der Waals surface area contributed by atoms with Crippen molar-refractivity contribution in [2.75, 3.05) is 13.1 Å². The molecule has 0 saturated carbocycles. The number of carboxylic acid groups (broad SMARTS) is 2. The van der Waals surface area contributed by atoms with E-state index in [1.54, 1.807) is 12.2 Å². The first-order chi connectivity index (χ1) is 9.51. The summed E-state index contributed by atoms with van der Waals surface area (Å²) in [4.78, 5) is 22.6. The maximum atomic E-state index is 11.3. The number of carbonyl (C=O) groups is 2. The predicted molar refractivity (Wildman–Crippen MR) is 75.0 cm³/mol. The monoisotopic (exact) mass is 278 g/mol. The minimum atomic E-state index is -1.06. The largest absolute Gasteiger partial charge is 0.478 e. The van der Waals surface area contributed by atoms with E-state index in [9.17, 15) is 19.8 Å². The van der Waals surface area contributed by atoms with E-state index in [0.717, 1.165) is 0 Å². The molecule has 0 aromatic carbocycles. The first-order valence-electron chi connectivity index (χ1n) is 6.11. The third-order valence-electron chi connectivity index (χ3n) is 2.87. The number of hydrogen-bond donors (Lipinski definition) is 4. The summed E-state index contributed by atoms with van der Waals surface area (Å²) in [6.07, 6.45) is 3.26. The molecule has 108 valence electrons. The zero-order valence-electron chi connectivity index (χ0n) is 11.1. The van der Waals surface area contributed by atoms with E-state index in [1.807, 2.05) is 0 Å². The van der Waals surface area contributed by atoms with Crippen molar-refractivity contribution < 1.29 is 19.8 Å². The average molecular weight is 278 g/mol. The third kappa shape index (κ3) is 3.74. The van der Waals surface area contributed by atoms with Crippen molar-refractivity contribution in [2.45, 2.75) is 12.8 Å². The summed E-state index contributed by atoms with van der Waals surface area (Å²) in [6, 6.07) is 0. The Morgan fingerprint density at radius 2 is 1.30 bits per heavy atom. The first kappa shape index (κ1) is 15.6. The Morgan fingerprint density at radius 3 is 1.55 bits per heavy atom. The van der Waals surface area contributed by atoms with Crippen molar-refractivity contribution in [2.24, 2.45) is 0 Å². The van der Waals surface area contributed by atoms with E-state index in [1.165, 1.54) is 0 Å². The number of hydrogen-bond acceptors (Lipinski definition) is 4. The summed E-state index contributed by atoms with van der Waals surface area (Å²) in [5.74, 6) is -2.11. The molecule has 4 N–H and O–H groups in total. The zero-order valence-corrected chi connectivity index (χ0v) is 11.1. The van der Waals surface area contributed by atoms with Gasteiger partial charge in [0, 0.05) is 37.3 Å². The van der Waals surface area contributed by atoms with Crippen LogP contribution in [0.5, 0.6) is 0 Å². The molecule has 0 heterocycles. The predicted octanol–water partition coefficient (Wildman–Crippen LogP) is 1.01. The maximum absolute atomic E-state index is 11.3. The lowest BCUT2D eigenvalue weighted by molar-refractivity contribution is -0.134. The van der Waals surface area contributed by atoms with Crippen molar-refractivity contribution in [3.63, 3.8) is 0 Å². The Balaban J connectivity index is 3.06. The number of allylic oxidation sites excluding steroid dienone is 2. The Bertz CT molecular complexity index is 457. The van der Waals surface area contributed by atoms with Crippen molar-refractivity contribution in [3.05, 3.63) is 47.9 Å². The average Bonchev–Trinajstić information content (AvgIpc) is 2.42. The van der Waals surface area contributed by atoms with Gasteiger partial charge in [0.2, 0.25) is 0 Å². The summed E-state index contributed by atoms with van der Waals surface area (Å²) < 4.78 is 0. The summed E-state index contributed by atoms with van der Waals surface area (Å²) in [6.45, 7) is 7.85. The van der Waals surface area contributed by atoms with Crippen molar-refractivity contribution in [3.8, 4) is 0 Å².